The fourth-order valence-corrected chi connectivity index (χ4v) is 5.62. The Kier molecular flexibility index (Phi) is 6.90. The van der Waals surface area contributed by atoms with Crippen LogP contribution in [-0.4, -0.2) is 0 Å². The van der Waals surface area contributed by atoms with Crippen LogP contribution in [0.15, 0.2) is 103 Å². The SMILES string of the molecule is CC(C)(C)C/C=C/C(NP(=O)(c1ccccc1)c1ccccc1)c1ccccc1. The van der Waals surface area contributed by atoms with Gasteiger partial charge in [-0.05, 0) is 41.7 Å². The number of rotatable bonds is 7. The average Bonchev–Trinajstić information content (AvgIpc) is 2.74. The van der Waals surface area contributed by atoms with E-state index in [1.54, 1.807) is 0 Å². The lowest BCUT2D eigenvalue weighted by Crippen LogP contribution is -2.30. The molecule has 0 amide bonds. The van der Waals surface area contributed by atoms with Crippen LogP contribution in [-0.2, 0) is 4.57 Å². The van der Waals surface area contributed by atoms with E-state index >= 15 is 0 Å². The molecule has 0 aliphatic carbocycles. The van der Waals surface area contributed by atoms with Crippen LogP contribution in [0.4, 0.5) is 0 Å². The van der Waals surface area contributed by atoms with E-state index in [9.17, 15) is 4.57 Å². The van der Waals surface area contributed by atoms with Gasteiger partial charge in [0.15, 0.2) is 0 Å². The predicted molar refractivity (Wildman–Crippen MR) is 125 cm³/mol. The first kappa shape index (κ1) is 21.3. The molecule has 3 heteroatoms. The summed E-state index contributed by atoms with van der Waals surface area (Å²) in [5.74, 6) is 0. The van der Waals surface area contributed by atoms with Crippen LogP contribution in [0.1, 0.15) is 38.8 Å². The summed E-state index contributed by atoms with van der Waals surface area (Å²) in [5.41, 5.74) is 1.31. The zero-order valence-electron chi connectivity index (χ0n) is 17.5. The molecule has 1 atom stereocenters. The van der Waals surface area contributed by atoms with Gasteiger partial charge < -0.3 is 0 Å². The molecule has 0 heterocycles. The summed E-state index contributed by atoms with van der Waals surface area (Å²) >= 11 is 0. The number of benzene rings is 3. The minimum atomic E-state index is -3.03. The number of nitrogens with one attached hydrogen (secondary N) is 1. The summed E-state index contributed by atoms with van der Waals surface area (Å²) in [6.07, 6.45) is 5.31. The average molecular weight is 404 g/mol. The smallest absolute Gasteiger partial charge is 0.205 e. The highest BCUT2D eigenvalue weighted by molar-refractivity contribution is 7.76. The van der Waals surface area contributed by atoms with Crippen LogP contribution in [0.2, 0.25) is 0 Å². The fraction of sp³-hybridized carbons (Fsp3) is 0.231. The third-order valence-electron chi connectivity index (χ3n) is 4.78. The molecule has 0 radical (unpaired) electrons. The number of hydrogen-bond donors (Lipinski definition) is 1. The Morgan fingerprint density at radius 3 is 1.69 bits per heavy atom. The van der Waals surface area contributed by atoms with E-state index in [1.807, 2.05) is 78.9 Å². The van der Waals surface area contributed by atoms with E-state index in [4.69, 9.17) is 0 Å². The molecule has 3 aromatic carbocycles. The van der Waals surface area contributed by atoms with Gasteiger partial charge in [-0.25, -0.2) is 5.09 Å². The third-order valence-corrected chi connectivity index (χ3v) is 7.47. The van der Waals surface area contributed by atoms with Crippen LogP contribution in [0, 0.1) is 5.41 Å². The minimum absolute atomic E-state index is 0.148. The van der Waals surface area contributed by atoms with E-state index in [2.05, 4.69) is 50.1 Å². The monoisotopic (exact) mass is 403 g/mol. The van der Waals surface area contributed by atoms with Crippen molar-refractivity contribution < 1.29 is 4.57 Å². The summed E-state index contributed by atoms with van der Waals surface area (Å²) in [6, 6.07) is 29.5. The third kappa shape index (κ3) is 5.79. The van der Waals surface area contributed by atoms with Gasteiger partial charge in [0, 0.05) is 10.6 Å². The van der Waals surface area contributed by atoms with E-state index in [-0.39, 0.29) is 11.5 Å². The highest BCUT2D eigenvalue weighted by Gasteiger charge is 2.29. The van der Waals surface area contributed by atoms with Crippen molar-refractivity contribution >= 4 is 17.9 Å². The molecule has 0 fully saturated rings. The Balaban J connectivity index is 2.03. The molecule has 0 saturated carbocycles. The van der Waals surface area contributed by atoms with E-state index in [0.717, 1.165) is 22.6 Å². The normalized spacial score (nSPS) is 13.5. The zero-order chi connectivity index (χ0) is 20.7. The first-order chi connectivity index (χ1) is 13.9. The molecular weight excluding hydrogens is 373 g/mol. The maximum absolute atomic E-state index is 14.4. The fourth-order valence-electron chi connectivity index (χ4n) is 3.22. The molecule has 0 aromatic heterocycles. The minimum Gasteiger partial charge on any atom is -0.296 e. The summed E-state index contributed by atoms with van der Waals surface area (Å²) in [5, 5.41) is 5.17. The molecular formula is C26H30NOP. The first-order valence-corrected chi connectivity index (χ1v) is 11.8. The zero-order valence-corrected chi connectivity index (χ0v) is 18.3. The maximum atomic E-state index is 14.4. The van der Waals surface area contributed by atoms with Gasteiger partial charge in [-0.2, -0.15) is 0 Å². The van der Waals surface area contributed by atoms with E-state index in [0.29, 0.717) is 0 Å². The van der Waals surface area contributed by atoms with Crippen LogP contribution in [0.5, 0.6) is 0 Å². The lowest BCUT2D eigenvalue weighted by molar-refractivity contribution is 0.420. The lowest BCUT2D eigenvalue weighted by Gasteiger charge is -2.26. The molecule has 1 N–H and O–H groups in total. The predicted octanol–water partition coefficient (Wildman–Crippen LogP) is 6.24. The Hall–Kier alpha value is -2.41. The van der Waals surface area contributed by atoms with Crippen molar-refractivity contribution in [2.75, 3.05) is 0 Å². The Bertz CT molecular complexity index is 916. The molecule has 1 unspecified atom stereocenters. The topological polar surface area (TPSA) is 29.1 Å². The highest BCUT2D eigenvalue weighted by Crippen LogP contribution is 2.42. The molecule has 3 aromatic rings. The van der Waals surface area contributed by atoms with Gasteiger partial charge in [-0.3, -0.25) is 4.57 Å². The van der Waals surface area contributed by atoms with Crippen molar-refractivity contribution in [3.63, 3.8) is 0 Å². The van der Waals surface area contributed by atoms with Gasteiger partial charge in [-0.15, -0.1) is 0 Å². The molecule has 0 spiro atoms. The molecule has 3 rings (SSSR count). The quantitative estimate of drug-likeness (QED) is 0.374. The molecule has 29 heavy (non-hydrogen) atoms. The molecule has 0 aliphatic heterocycles. The number of hydrogen-bond acceptors (Lipinski definition) is 1. The Morgan fingerprint density at radius 1 is 0.793 bits per heavy atom. The van der Waals surface area contributed by atoms with Crippen molar-refractivity contribution in [3.8, 4) is 0 Å². The number of allylic oxidation sites excluding steroid dienone is 1. The van der Waals surface area contributed by atoms with Crippen LogP contribution in [0.25, 0.3) is 0 Å². The van der Waals surface area contributed by atoms with Crippen LogP contribution < -0.4 is 15.7 Å². The van der Waals surface area contributed by atoms with Crippen LogP contribution in [0.3, 0.4) is 0 Å². The molecule has 2 nitrogen and oxygen atoms in total. The van der Waals surface area contributed by atoms with E-state index < -0.39 is 7.29 Å². The molecule has 0 aliphatic rings. The Morgan fingerprint density at radius 2 is 1.24 bits per heavy atom. The van der Waals surface area contributed by atoms with Gasteiger partial charge >= 0.3 is 0 Å². The second-order valence-corrected chi connectivity index (χ2v) is 11.0. The summed E-state index contributed by atoms with van der Waals surface area (Å²) < 4.78 is 14.4. The van der Waals surface area contributed by atoms with Crippen LogP contribution >= 0.6 is 7.29 Å². The molecule has 0 bridgehead atoms. The van der Waals surface area contributed by atoms with Crippen molar-refractivity contribution in [2.24, 2.45) is 5.41 Å². The first-order valence-electron chi connectivity index (χ1n) is 10.1. The van der Waals surface area contributed by atoms with Crippen molar-refractivity contribution in [1.82, 2.24) is 5.09 Å². The summed E-state index contributed by atoms with van der Waals surface area (Å²) in [4.78, 5) is 0. The van der Waals surface area contributed by atoms with Gasteiger partial charge in [-0.1, -0.05) is 99.7 Å². The second-order valence-electron chi connectivity index (χ2n) is 8.49. The largest absolute Gasteiger partial charge is 0.296 e. The maximum Gasteiger partial charge on any atom is 0.205 e. The Labute approximate surface area is 175 Å². The summed E-state index contributed by atoms with van der Waals surface area (Å²) in [7, 11) is -3.03. The van der Waals surface area contributed by atoms with Gasteiger partial charge in [0.25, 0.3) is 0 Å². The molecule has 150 valence electrons. The summed E-state index contributed by atoms with van der Waals surface area (Å²) in [6.45, 7) is 6.67. The molecule has 0 saturated heterocycles. The van der Waals surface area contributed by atoms with Crippen molar-refractivity contribution in [1.29, 1.82) is 0 Å². The van der Waals surface area contributed by atoms with Gasteiger partial charge in [0.1, 0.15) is 0 Å². The van der Waals surface area contributed by atoms with Gasteiger partial charge in [0.2, 0.25) is 7.29 Å². The standard InChI is InChI=1S/C26H30NOP/c1-26(2,3)21-13-20-25(22-14-7-4-8-15-22)27-29(28,23-16-9-5-10-17-23)24-18-11-6-12-19-24/h4-20,25H,21H2,1-3H3,(H,27,28)/b20-13+. The van der Waals surface area contributed by atoms with E-state index in [1.165, 1.54) is 0 Å². The van der Waals surface area contributed by atoms with Crippen molar-refractivity contribution in [2.45, 2.75) is 33.2 Å². The highest BCUT2D eigenvalue weighted by atomic mass is 31.2. The van der Waals surface area contributed by atoms with Gasteiger partial charge in [0.05, 0.1) is 6.04 Å². The second kappa shape index (κ2) is 9.39. The lowest BCUT2D eigenvalue weighted by atomic mass is 9.91. The van der Waals surface area contributed by atoms with Crippen molar-refractivity contribution in [3.05, 3.63) is 109 Å².